The minimum atomic E-state index is -5.08. The number of halogens is 3. The van der Waals surface area contributed by atoms with Crippen LogP contribution in [0.25, 0.3) is 0 Å². The van der Waals surface area contributed by atoms with E-state index in [1.165, 1.54) is 19.2 Å². The molecule has 1 aromatic rings. The molecule has 0 spiro atoms. The SMILES string of the molecule is Cc1csc(C(O)(CC(=O)N(CC(C)C(=O)O)C2CC2)C(F)(F)F)n1. The monoisotopic (exact) mass is 380 g/mol. The fourth-order valence-corrected chi connectivity index (χ4v) is 3.29. The van der Waals surface area contributed by atoms with Crippen LogP contribution in [0.2, 0.25) is 0 Å². The molecular formula is C15H19F3N2O4S. The maximum absolute atomic E-state index is 13.5. The first-order valence-corrected chi connectivity index (χ1v) is 8.57. The zero-order valence-electron chi connectivity index (χ0n) is 13.7. The molecule has 2 unspecified atom stereocenters. The number of nitrogens with zero attached hydrogens (tertiary/aromatic N) is 2. The molecule has 2 rings (SSSR count). The van der Waals surface area contributed by atoms with Gasteiger partial charge in [-0.1, -0.05) is 6.92 Å². The van der Waals surface area contributed by atoms with Gasteiger partial charge in [0.15, 0.2) is 0 Å². The summed E-state index contributed by atoms with van der Waals surface area (Å²) in [6.07, 6.45) is -5.08. The summed E-state index contributed by atoms with van der Waals surface area (Å²) in [5.74, 6) is -2.98. The van der Waals surface area contributed by atoms with Crippen molar-refractivity contribution in [2.24, 2.45) is 5.92 Å². The lowest BCUT2D eigenvalue weighted by atomic mass is 9.98. The van der Waals surface area contributed by atoms with Gasteiger partial charge in [-0.25, -0.2) is 4.98 Å². The Kier molecular flexibility index (Phi) is 5.43. The predicted octanol–water partition coefficient (Wildman–Crippen LogP) is 2.30. The van der Waals surface area contributed by atoms with Gasteiger partial charge in [0.25, 0.3) is 0 Å². The summed E-state index contributed by atoms with van der Waals surface area (Å²) in [5.41, 5.74) is -3.07. The second kappa shape index (κ2) is 6.91. The number of aliphatic hydroxyl groups is 1. The Morgan fingerprint density at radius 1 is 1.44 bits per heavy atom. The smallest absolute Gasteiger partial charge is 0.424 e. The number of carboxylic acid groups (broad SMARTS) is 1. The first kappa shape index (κ1) is 19.6. The van der Waals surface area contributed by atoms with Gasteiger partial charge in [0, 0.05) is 23.7 Å². The number of aryl methyl sites for hydroxylation is 1. The van der Waals surface area contributed by atoms with Crippen LogP contribution in [0.1, 0.15) is 36.9 Å². The average molecular weight is 380 g/mol. The fraction of sp³-hybridized carbons (Fsp3) is 0.667. The van der Waals surface area contributed by atoms with Crippen LogP contribution in [0.4, 0.5) is 13.2 Å². The van der Waals surface area contributed by atoms with E-state index < -0.39 is 41.0 Å². The summed E-state index contributed by atoms with van der Waals surface area (Å²) < 4.78 is 40.4. The molecule has 0 aromatic carbocycles. The van der Waals surface area contributed by atoms with Crippen molar-refractivity contribution in [3.63, 3.8) is 0 Å². The molecule has 10 heteroatoms. The van der Waals surface area contributed by atoms with Gasteiger partial charge in [-0.15, -0.1) is 11.3 Å². The lowest BCUT2D eigenvalue weighted by Crippen LogP contribution is -2.48. The number of thiazole rings is 1. The van der Waals surface area contributed by atoms with Crippen molar-refractivity contribution in [2.75, 3.05) is 6.54 Å². The largest absolute Gasteiger partial charge is 0.481 e. The highest BCUT2D eigenvalue weighted by atomic mass is 32.1. The van der Waals surface area contributed by atoms with E-state index in [9.17, 15) is 27.9 Å². The summed E-state index contributed by atoms with van der Waals surface area (Å²) in [6, 6.07) is -0.273. The van der Waals surface area contributed by atoms with Gasteiger partial charge in [0.05, 0.1) is 12.3 Å². The van der Waals surface area contributed by atoms with E-state index >= 15 is 0 Å². The van der Waals surface area contributed by atoms with Crippen molar-refractivity contribution in [3.8, 4) is 0 Å². The third kappa shape index (κ3) is 4.30. The number of hydrogen-bond acceptors (Lipinski definition) is 5. The predicted molar refractivity (Wildman–Crippen MR) is 83.0 cm³/mol. The lowest BCUT2D eigenvalue weighted by Gasteiger charge is -2.31. The Balaban J connectivity index is 2.25. The average Bonchev–Trinajstić information content (AvgIpc) is 3.23. The van der Waals surface area contributed by atoms with Crippen LogP contribution < -0.4 is 0 Å². The normalized spacial score (nSPS) is 18.5. The van der Waals surface area contributed by atoms with Crippen molar-refractivity contribution in [3.05, 3.63) is 16.1 Å². The van der Waals surface area contributed by atoms with Crippen molar-refractivity contribution in [2.45, 2.75) is 50.9 Å². The first-order valence-electron chi connectivity index (χ1n) is 7.69. The number of carboxylic acids is 1. The van der Waals surface area contributed by atoms with Crippen LogP contribution >= 0.6 is 11.3 Å². The Morgan fingerprint density at radius 3 is 2.44 bits per heavy atom. The Labute approximate surface area is 146 Å². The van der Waals surface area contributed by atoms with Crippen molar-refractivity contribution < 1.29 is 33.0 Å². The molecule has 1 amide bonds. The molecule has 0 radical (unpaired) electrons. The van der Waals surface area contributed by atoms with E-state index in [2.05, 4.69) is 4.98 Å². The quantitative estimate of drug-likeness (QED) is 0.758. The molecule has 6 nitrogen and oxygen atoms in total. The lowest BCUT2D eigenvalue weighted by molar-refractivity contribution is -0.268. The molecule has 0 bridgehead atoms. The molecule has 1 saturated carbocycles. The second-order valence-corrected chi connectivity index (χ2v) is 7.20. The third-order valence-electron chi connectivity index (χ3n) is 4.05. The number of carbonyl (C=O) groups is 2. The fourth-order valence-electron chi connectivity index (χ4n) is 2.38. The van der Waals surface area contributed by atoms with Gasteiger partial charge < -0.3 is 15.1 Å². The summed E-state index contributed by atoms with van der Waals surface area (Å²) in [4.78, 5) is 28.3. The first-order chi connectivity index (χ1) is 11.5. The molecule has 1 aromatic heterocycles. The van der Waals surface area contributed by atoms with E-state index in [4.69, 9.17) is 5.11 Å². The molecular weight excluding hydrogens is 361 g/mol. The van der Waals surface area contributed by atoms with Crippen LogP contribution in [0.15, 0.2) is 5.38 Å². The summed E-state index contributed by atoms with van der Waals surface area (Å²) in [5, 5.41) is 20.0. The number of hydrogen-bond donors (Lipinski definition) is 2. The van der Waals surface area contributed by atoms with Crippen LogP contribution in [0, 0.1) is 12.8 Å². The Morgan fingerprint density at radius 2 is 2.04 bits per heavy atom. The summed E-state index contributed by atoms with van der Waals surface area (Å²) in [6.45, 7) is 2.68. The van der Waals surface area contributed by atoms with Gasteiger partial charge >= 0.3 is 12.1 Å². The highest BCUT2D eigenvalue weighted by Gasteiger charge is 2.59. The number of aromatic nitrogens is 1. The highest BCUT2D eigenvalue weighted by Crippen LogP contribution is 2.43. The number of amides is 1. The minimum Gasteiger partial charge on any atom is -0.481 e. The molecule has 25 heavy (non-hydrogen) atoms. The third-order valence-corrected chi connectivity index (χ3v) is 5.16. The van der Waals surface area contributed by atoms with Crippen LogP contribution in [-0.2, 0) is 15.2 Å². The van der Waals surface area contributed by atoms with Crippen LogP contribution in [0.5, 0.6) is 0 Å². The number of aliphatic carboxylic acids is 1. The van der Waals surface area contributed by atoms with Crippen LogP contribution in [0.3, 0.4) is 0 Å². The van der Waals surface area contributed by atoms with Crippen molar-refractivity contribution in [1.82, 2.24) is 9.88 Å². The molecule has 1 aliphatic carbocycles. The van der Waals surface area contributed by atoms with E-state index in [1.807, 2.05) is 0 Å². The topological polar surface area (TPSA) is 90.7 Å². The molecule has 1 aliphatic rings. The van der Waals surface area contributed by atoms with Gasteiger partial charge in [0.2, 0.25) is 11.5 Å². The molecule has 0 saturated heterocycles. The molecule has 2 N–H and O–H groups in total. The van der Waals surface area contributed by atoms with E-state index in [-0.39, 0.29) is 12.6 Å². The molecule has 140 valence electrons. The van der Waals surface area contributed by atoms with Crippen molar-refractivity contribution >= 4 is 23.2 Å². The molecule has 0 aliphatic heterocycles. The summed E-state index contributed by atoms with van der Waals surface area (Å²) >= 11 is 0.634. The minimum absolute atomic E-state index is 0.191. The Bertz CT molecular complexity index is 659. The molecule has 1 fully saturated rings. The maximum atomic E-state index is 13.5. The standard InChI is InChI=1S/C15H19F3N2O4S/c1-8(12(22)23)6-20(10-3-4-10)11(21)5-14(24,15(16,17)18)13-19-9(2)7-25-13/h7-8,10,24H,3-6H2,1-2H3,(H,22,23). The van der Waals surface area contributed by atoms with Gasteiger partial charge in [-0.3, -0.25) is 9.59 Å². The summed E-state index contributed by atoms with van der Waals surface area (Å²) in [7, 11) is 0. The number of rotatable bonds is 7. The number of alkyl halides is 3. The van der Waals surface area contributed by atoms with Gasteiger partial charge in [-0.05, 0) is 19.8 Å². The highest BCUT2D eigenvalue weighted by molar-refractivity contribution is 7.09. The molecule has 2 atom stereocenters. The van der Waals surface area contributed by atoms with E-state index in [0.29, 0.717) is 29.9 Å². The molecule has 1 heterocycles. The van der Waals surface area contributed by atoms with E-state index in [1.54, 1.807) is 0 Å². The van der Waals surface area contributed by atoms with Crippen molar-refractivity contribution in [1.29, 1.82) is 0 Å². The second-order valence-electron chi connectivity index (χ2n) is 6.35. The van der Waals surface area contributed by atoms with E-state index in [0.717, 1.165) is 4.90 Å². The van der Waals surface area contributed by atoms with Gasteiger partial charge in [0.1, 0.15) is 5.01 Å². The number of carbonyl (C=O) groups excluding carboxylic acids is 1. The Hall–Kier alpha value is -1.68. The zero-order chi connectivity index (χ0) is 19.0. The maximum Gasteiger partial charge on any atom is 0.424 e. The zero-order valence-corrected chi connectivity index (χ0v) is 14.5. The van der Waals surface area contributed by atoms with Crippen LogP contribution in [-0.4, -0.2) is 50.7 Å². The van der Waals surface area contributed by atoms with Gasteiger partial charge in [-0.2, -0.15) is 13.2 Å².